The molecule has 1 unspecified atom stereocenters. The number of carbonyl (C=O) groups is 1. The molecule has 0 bridgehead atoms. The molecule has 0 radical (unpaired) electrons. The summed E-state index contributed by atoms with van der Waals surface area (Å²) in [6.07, 6.45) is 0.596. The van der Waals surface area contributed by atoms with E-state index in [-0.39, 0.29) is 29.0 Å². The number of aromatic amines is 1. The van der Waals surface area contributed by atoms with Crippen LogP contribution in [0.4, 0.5) is 10.3 Å². The lowest BCUT2D eigenvalue weighted by molar-refractivity contribution is -0.152. The maximum absolute atomic E-state index is 15.6. The molecule has 5 N–H and O–H groups in total. The number of benzene rings is 1. The highest BCUT2D eigenvalue weighted by Gasteiger charge is 2.55. The number of nitrogens with two attached hydrogens (primary N) is 1. The number of H-pyrrole nitrogens is 1. The first-order valence-corrected chi connectivity index (χ1v) is 15.2. The SMILES string of the molecule is C[C@H](NP(=O)(OC[C@H]1O[C@@H](n2cnc3c(=O)[nH]c(N)nc32)[C@](C)(O)[C@@H]1F)Oc1ccccc1)C(=O)OC1CCCCC1. The number of rotatable bonds is 10. The first-order valence-electron chi connectivity index (χ1n) is 13.7. The number of imidazole rings is 1. The third-order valence-corrected chi connectivity index (χ3v) is 8.95. The van der Waals surface area contributed by atoms with Crippen molar-refractivity contribution < 1.29 is 37.4 Å². The Kier molecular flexibility index (Phi) is 8.67. The number of aliphatic hydroxyl groups is 1. The van der Waals surface area contributed by atoms with Gasteiger partial charge in [-0.25, -0.2) is 13.9 Å². The van der Waals surface area contributed by atoms with Crippen LogP contribution in [-0.4, -0.2) is 67.2 Å². The van der Waals surface area contributed by atoms with Gasteiger partial charge >= 0.3 is 13.7 Å². The molecule has 6 atom stereocenters. The zero-order valence-electron chi connectivity index (χ0n) is 23.1. The van der Waals surface area contributed by atoms with Crippen LogP contribution in [-0.2, 0) is 23.4 Å². The Balaban J connectivity index is 1.32. The van der Waals surface area contributed by atoms with Gasteiger partial charge in [0, 0.05) is 0 Å². The molecule has 1 aromatic carbocycles. The number of alkyl halides is 1. The fourth-order valence-corrected chi connectivity index (χ4v) is 6.59. The topological polar surface area (TPSA) is 193 Å². The number of carbonyl (C=O) groups excluding carboxylic acids is 1. The summed E-state index contributed by atoms with van der Waals surface area (Å²) in [5.41, 5.74) is 2.78. The average molecular weight is 609 g/mol. The number of hydrogen-bond donors (Lipinski definition) is 4. The molecule has 14 nitrogen and oxygen atoms in total. The number of halogens is 1. The number of esters is 1. The Labute approximate surface area is 240 Å². The molecule has 1 aliphatic heterocycles. The molecule has 2 aliphatic rings. The molecule has 2 aromatic heterocycles. The summed E-state index contributed by atoms with van der Waals surface area (Å²) >= 11 is 0. The van der Waals surface area contributed by atoms with E-state index < -0.39 is 56.0 Å². The smallest absolute Gasteiger partial charge is 0.459 e. The highest BCUT2D eigenvalue weighted by Crippen LogP contribution is 2.47. The van der Waals surface area contributed by atoms with Crippen molar-refractivity contribution in [2.45, 2.75) is 82.2 Å². The molecule has 16 heteroatoms. The van der Waals surface area contributed by atoms with Gasteiger partial charge in [-0.3, -0.25) is 23.7 Å². The van der Waals surface area contributed by atoms with Crippen molar-refractivity contribution in [1.82, 2.24) is 24.6 Å². The van der Waals surface area contributed by atoms with Gasteiger partial charge in [-0.1, -0.05) is 24.6 Å². The number of nitrogen functional groups attached to an aromatic ring is 1. The van der Waals surface area contributed by atoms with E-state index in [0.29, 0.717) is 0 Å². The van der Waals surface area contributed by atoms with E-state index in [0.717, 1.165) is 32.1 Å². The number of ether oxygens (including phenoxy) is 2. The highest BCUT2D eigenvalue weighted by molar-refractivity contribution is 7.52. The van der Waals surface area contributed by atoms with E-state index in [4.69, 9.17) is 24.3 Å². The minimum absolute atomic E-state index is 0.0275. The van der Waals surface area contributed by atoms with Crippen LogP contribution in [0, 0.1) is 0 Å². The molecule has 0 spiro atoms. The lowest BCUT2D eigenvalue weighted by Gasteiger charge is -2.27. The van der Waals surface area contributed by atoms with Gasteiger partial charge in [0.05, 0.1) is 12.9 Å². The zero-order valence-corrected chi connectivity index (χ0v) is 24.0. The average Bonchev–Trinajstić information content (AvgIpc) is 3.46. The number of nitrogens with one attached hydrogen (secondary N) is 2. The summed E-state index contributed by atoms with van der Waals surface area (Å²) in [6.45, 7) is 2.02. The number of hydrogen-bond acceptors (Lipinski definition) is 11. The van der Waals surface area contributed by atoms with Crippen molar-refractivity contribution in [3.05, 3.63) is 47.0 Å². The summed E-state index contributed by atoms with van der Waals surface area (Å²) in [6, 6.07) is 7.03. The van der Waals surface area contributed by atoms with E-state index in [1.54, 1.807) is 18.2 Å². The van der Waals surface area contributed by atoms with Crippen molar-refractivity contribution in [3.8, 4) is 5.75 Å². The maximum Gasteiger partial charge on any atom is 0.459 e. The molecular weight excluding hydrogens is 574 g/mol. The lowest BCUT2D eigenvalue weighted by atomic mass is 9.98. The largest absolute Gasteiger partial charge is 0.461 e. The Morgan fingerprint density at radius 3 is 2.76 bits per heavy atom. The number of aromatic nitrogens is 4. The number of anilines is 1. The van der Waals surface area contributed by atoms with Gasteiger partial charge in [0.1, 0.15) is 29.6 Å². The quantitative estimate of drug-likeness (QED) is 0.195. The van der Waals surface area contributed by atoms with Crippen molar-refractivity contribution in [3.63, 3.8) is 0 Å². The number of nitrogens with zero attached hydrogens (tertiary/aromatic N) is 3. The van der Waals surface area contributed by atoms with Crippen LogP contribution in [0.5, 0.6) is 5.75 Å². The normalized spacial score (nSPS) is 27.0. The van der Waals surface area contributed by atoms with Gasteiger partial charge in [-0.05, 0) is 51.7 Å². The van der Waals surface area contributed by atoms with Gasteiger partial charge in [0.25, 0.3) is 5.56 Å². The standard InChI is InChI=1S/C26H34FN6O8P/c1-15(23(35)39-16-9-5-3-6-10-16)32-42(37,41-17-11-7-4-8-12-17)38-13-18-20(27)26(2,36)24(40-18)33-14-29-19-21(33)30-25(28)31-22(19)34/h4,7-8,11-12,14-16,18,20,24,36H,3,5-6,9-10,13H2,1-2H3,(H,32,37)(H3,28,30,31,34)/t15-,18+,20+,24+,26+,42?/m0/s1. The summed E-state index contributed by atoms with van der Waals surface area (Å²) in [5.74, 6) is -0.654. The van der Waals surface area contributed by atoms with E-state index in [1.165, 1.54) is 36.9 Å². The minimum Gasteiger partial charge on any atom is -0.461 e. The van der Waals surface area contributed by atoms with Crippen LogP contribution in [0.3, 0.4) is 0 Å². The lowest BCUT2D eigenvalue weighted by Crippen LogP contribution is -2.42. The first kappa shape index (κ1) is 30.1. The highest BCUT2D eigenvalue weighted by atomic mass is 31.2. The Morgan fingerprint density at radius 2 is 2.05 bits per heavy atom. The summed E-state index contributed by atoms with van der Waals surface area (Å²) in [4.78, 5) is 35.3. The van der Waals surface area contributed by atoms with Gasteiger partial charge in [0.15, 0.2) is 23.6 Å². The second-order valence-corrected chi connectivity index (χ2v) is 12.4. The van der Waals surface area contributed by atoms with Crippen LogP contribution in [0.15, 0.2) is 41.5 Å². The van der Waals surface area contributed by atoms with Crippen LogP contribution in [0.25, 0.3) is 11.2 Å². The van der Waals surface area contributed by atoms with Crippen molar-refractivity contribution in [2.24, 2.45) is 0 Å². The van der Waals surface area contributed by atoms with Crippen molar-refractivity contribution in [1.29, 1.82) is 0 Å². The molecule has 0 amide bonds. The van der Waals surface area contributed by atoms with E-state index in [9.17, 15) is 19.3 Å². The fraction of sp³-hybridized carbons (Fsp3) is 0.538. The molecule has 3 aromatic rings. The van der Waals surface area contributed by atoms with E-state index >= 15 is 4.39 Å². The van der Waals surface area contributed by atoms with Gasteiger partial charge in [-0.2, -0.15) is 10.1 Å². The second-order valence-electron chi connectivity index (χ2n) is 10.7. The summed E-state index contributed by atoms with van der Waals surface area (Å²) in [5, 5.41) is 13.7. The predicted octanol–water partition coefficient (Wildman–Crippen LogP) is 2.75. The second kappa shape index (κ2) is 12.1. The van der Waals surface area contributed by atoms with E-state index in [1.807, 2.05) is 0 Å². The van der Waals surface area contributed by atoms with Crippen molar-refractivity contribution in [2.75, 3.05) is 12.3 Å². The molecule has 42 heavy (non-hydrogen) atoms. The van der Waals surface area contributed by atoms with Gasteiger partial charge in [-0.15, -0.1) is 0 Å². The monoisotopic (exact) mass is 608 g/mol. The third-order valence-electron chi connectivity index (χ3n) is 7.31. The van der Waals surface area contributed by atoms with Crippen LogP contribution < -0.4 is 20.9 Å². The molecule has 228 valence electrons. The Morgan fingerprint density at radius 1 is 1.33 bits per heavy atom. The number of fused-ring (bicyclic) bond motifs is 1. The summed E-state index contributed by atoms with van der Waals surface area (Å²) in [7, 11) is -4.33. The fourth-order valence-electron chi connectivity index (χ4n) is 5.09. The molecule has 1 aliphatic carbocycles. The molecule has 1 saturated heterocycles. The maximum atomic E-state index is 15.6. The van der Waals surface area contributed by atoms with Gasteiger partial charge < -0.3 is 24.8 Å². The van der Waals surface area contributed by atoms with Crippen LogP contribution >= 0.6 is 7.75 Å². The molecule has 1 saturated carbocycles. The minimum atomic E-state index is -4.33. The van der Waals surface area contributed by atoms with Crippen LogP contribution in [0.1, 0.15) is 52.2 Å². The van der Waals surface area contributed by atoms with Gasteiger partial charge in [0.2, 0.25) is 5.95 Å². The van der Waals surface area contributed by atoms with Crippen LogP contribution in [0.2, 0.25) is 0 Å². The molecule has 3 heterocycles. The Hall–Kier alpha value is -3.36. The van der Waals surface area contributed by atoms with Crippen molar-refractivity contribution >= 4 is 30.8 Å². The first-order chi connectivity index (χ1) is 20.0. The zero-order chi connectivity index (χ0) is 30.1. The predicted molar refractivity (Wildman–Crippen MR) is 148 cm³/mol. The Bertz CT molecular complexity index is 1510. The third kappa shape index (κ3) is 6.35. The molecule has 5 rings (SSSR count). The number of para-hydroxylation sites is 1. The van der Waals surface area contributed by atoms with E-state index in [2.05, 4.69) is 20.0 Å². The molecule has 2 fully saturated rings. The summed E-state index contributed by atoms with van der Waals surface area (Å²) < 4.78 is 53.3. The molecular formula is C26H34FN6O8P.